The summed E-state index contributed by atoms with van der Waals surface area (Å²) in [5.41, 5.74) is 4.99. The lowest BCUT2D eigenvalue weighted by Crippen LogP contribution is -2.13. The molecular formula is C29H33N3O3. The van der Waals surface area contributed by atoms with E-state index in [0.717, 1.165) is 41.7 Å². The number of benzene rings is 3. The molecule has 182 valence electrons. The van der Waals surface area contributed by atoms with Crippen molar-refractivity contribution in [3.05, 3.63) is 83.4 Å². The monoisotopic (exact) mass is 471 g/mol. The van der Waals surface area contributed by atoms with E-state index in [1.807, 2.05) is 68.4 Å². The quantitative estimate of drug-likeness (QED) is 0.176. The summed E-state index contributed by atoms with van der Waals surface area (Å²) in [7, 11) is 0. The fraction of sp³-hybridized carbons (Fsp3) is 0.276. The molecule has 1 aromatic heterocycles. The van der Waals surface area contributed by atoms with Crippen molar-refractivity contribution in [2.24, 2.45) is 4.99 Å². The first-order valence-corrected chi connectivity index (χ1v) is 12.2. The second kappa shape index (κ2) is 11.6. The van der Waals surface area contributed by atoms with Crippen molar-refractivity contribution in [3.63, 3.8) is 0 Å². The lowest BCUT2D eigenvalue weighted by molar-refractivity contribution is 0.288. The van der Waals surface area contributed by atoms with E-state index in [0.29, 0.717) is 36.0 Å². The number of aliphatic imine (C=N–C) groups is 1. The highest BCUT2D eigenvalue weighted by molar-refractivity contribution is 6.22. The zero-order valence-corrected chi connectivity index (χ0v) is 20.6. The number of H-pyrrole nitrogens is 1. The smallest absolute Gasteiger partial charge is 0.199 e. The van der Waals surface area contributed by atoms with Crippen LogP contribution in [0.3, 0.4) is 0 Å². The number of hydrogen-bond acceptors (Lipinski definition) is 5. The molecule has 0 spiro atoms. The molecule has 6 heteroatoms. The molecule has 3 aromatic carbocycles. The second-order valence-corrected chi connectivity index (χ2v) is 8.23. The zero-order valence-electron chi connectivity index (χ0n) is 20.6. The molecule has 0 saturated heterocycles. The predicted octanol–water partition coefficient (Wildman–Crippen LogP) is 6.34. The molecule has 4 rings (SSSR count). The molecular weight excluding hydrogens is 438 g/mol. The van der Waals surface area contributed by atoms with Gasteiger partial charge >= 0.3 is 0 Å². The Morgan fingerprint density at radius 3 is 2.26 bits per heavy atom. The fourth-order valence-electron chi connectivity index (χ4n) is 4.05. The van der Waals surface area contributed by atoms with E-state index in [-0.39, 0.29) is 5.88 Å². The van der Waals surface area contributed by atoms with E-state index >= 15 is 0 Å². The Balaban J connectivity index is 1.82. The van der Waals surface area contributed by atoms with Crippen molar-refractivity contribution in [2.75, 3.05) is 19.8 Å². The molecule has 1 heterocycles. The molecule has 0 saturated carbocycles. The van der Waals surface area contributed by atoms with Gasteiger partial charge in [0.2, 0.25) is 0 Å². The van der Waals surface area contributed by atoms with Gasteiger partial charge in [0.1, 0.15) is 0 Å². The molecule has 0 aliphatic heterocycles. The number of aromatic nitrogens is 1. The summed E-state index contributed by atoms with van der Waals surface area (Å²) in [4.78, 5) is 8.10. The van der Waals surface area contributed by atoms with Crippen LogP contribution in [0.25, 0.3) is 10.9 Å². The highest BCUT2D eigenvalue weighted by atomic mass is 16.5. The normalized spacial score (nSPS) is 11.7. The van der Waals surface area contributed by atoms with Crippen LogP contribution in [-0.2, 0) is 6.54 Å². The molecule has 0 aliphatic carbocycles. The number of nitrogens with zero attached hydrogens (tertiary/aromatic N) is 1. The Hall–Kier alpha value is -3.77. The third kappa shape index (κ3) is 5.66. The van der Waals surface area contributed by atoms with Gasteiger partial charge in [0, 0.05) is 23.6 Å². The van der Waals surface area contributed by atoms with Gasteiger partial charge in [-0.25, -0.2) is 4.99 Å². The van der Waals surface area contributed by atoms with Gasteiger partial charge in [-0.2, -0.15) is 0 Å². The van der Waals surface area contributed by atoms with E-state index in [1.54, 1.807) is 0 Å². The summed E-state index contributed by atoms with van der Waals surface area (Å²) >= 11 is 0. The standard InChI is InChI=1S/C29H33N3O3/c1-4-16-30-19-20-12-14-22(15-13-20)31-28(21-10-8-7-9-11-21)27-23-17-25(34-5-2)26(35-6-3)18-24(23)32-29(27)33/h7-15,17-18,30,32-33H,4-6,16,19H2,1-3H3. The molecule has 35 heavy (non-hydrogen) atoms. The van der Waals surface area contributed by atoms with Crippen LogP contribution in [0.4, 0.5) is 5.69 Å². The van der Waals surface area contributed by atoms with Gasteiger partial charge < -0.3 is 24.9 Å². The van der Waals surface area contributed by atoms with Crippen molar-refractivity contribution >= 4 is 22.3 Å². The predicted molar refractivity (Wildman–Crippen MR) is 142 cm³/mol. The minimum atomic E-state index is 0.0547. The molecule has 4 aromatic rings. The van der Waals surface area contributed by atoms with E-state index in [2.05, 4.69) is 29.4 Å². The highest BCUT2D eigenvalue weighted by Crippen LogP contribution is 2.38. The van der Waals surface area contributed by atoms with Gasteiger partial charge in [-0.3, -0.25) is 0 Å². The van der Waals surface area contributed by atoms with Crippen LogP contribution in [0, 0.1) is 0 Å². The van der Waals surface area contributed by atoms with E-state index in [1.165, 1.54) is 5.56 Å². The van der Waals surface area contributed by atoms with Gasteiger partial charge in [0.15, 0.2) is 17.4 Å². The van der Waals surface area contributed by atoms with Crippen LogP contribution in [0.1, 0.15) is 43.9 Å². The number of rotatable bonds is 11. The van der Waals surface area contributed by atoms with Gasteiger partial charge in [-0.15, -0.1) is 0 Å². The van der Waals surface area contributed by atoms with Gasteiger partial charge in [-0.1, -0.05) is 49.4 Å². The number of aromatic amines is 1. The van der Waals surface area contributed by atoms with Crippen molar-refractivity contribution in [2.45, 2.75) is 33.7 Å². The molecule has 0 bridgehead atoms. The van der Waals surface area contributed by atoms with Crippen molar-refractivity contribution in [3.8, 4) is 17.4 Å². The maximum atomic E-state index is 11.0. The Kier molecular flexibility index (Phi) is 8.06. The van der Waals surface area contributed by atoms with Crippen LogP contribution < -0.4 is 14.8 Å². The number of aromatic hydroxyl groups is 1. The minimum Gasteiger partial charge on any atom is -0.494 e. The Morgan fingerprint density at radius 1 is 0.914 bits per heavy atom. The maximum absolute atomic E-state index is 11.0. The molecule has 0 radical (unpaired) electrons. The summed E-state index contributed by atoms with van der Waals surface area (Å²) < 4.78 is 11.6. The lowest BCUT2D eigenvalue weighted by Gasteiger charge is -2.12. The molecule has 0 atom stereocenters. The first kappa shape index (κ1) is 24.4. The average Bonchev–Trinajstić information content (AvgIpc) is 3.19. The molecule has 0 aliphatic rings. The summed E-state index contributed by atoms with van der Waals surface area (Å²) in [6.07, 6.45) is 1.11. The summed E-state index contributed by atoms with van der Waals surface area (Å²) in [5, 5.41) is 15.3. The molecule has 0 amide bonds. The van der Waals surface area contributed by atoms with E-state index in [9.17, 15) is 5.11 Å². The number of ether oxygens (including phenoxy) is 2. The summed E-state index contributed by atoms with van der Waals surface area (Å²) in [6, 6.07) is 21.9. The maximum Gasteiger partial charge on any atom is 0.199 e. The number of nitrogens with one attached hydrogen (secondary N) is 2. The Bertz CT molecular complexity index is 1280. The van der Waals surface area contributed by atoms with Gasteiger partial charge in [-0.05, 0) is 50.6 Å². The fourth-order valence-corrected chi connectivity index (χ4v) is 4.05. The van der Waals surface area contributed by atoms with Crippen molar-refractivity contribution in [1.82, 2.24) is 10.3 Å². The third-order valence-corrected chi connectivity index (χ3v) is 5.66. The van der Waals surface area contributed by atoms with E-state index in [4.69, 9.17) is 14.5 Å². The van der Waals surface area contributed by atoms with Gasteiger partial charge in [0.05, 0.1) is 35.7 Å². The SMILES string of the molecule is CCCNCc1ccc(N=C(c2ccccc2)c2c(O)[nH]c3cc(OCC)c(OCC)cc23)cc1. The lowest BCUT2D eigenvalue weighted by atomic mass is 10.0. The Morgan fingerprint density at radius 2 is 1.60 bits per heavy atom. The topological polar surface area (TPSA) is 78.9 Å². The number of fused-ring (bicyclic) bond motifs is 1. The van der Waals surface area contributed by atoms with Crippen LogP contribution >= 0.6 is 0 Å². The molecule has 6 nitrogen and oxygen atoms in total. The molecule has 0 unspecified atom stereocenters. The van der Waals surface area contributed by atoms with Crippen LogP contribution in [-0.4, -0.2) is 35.6 Å². The second-order valence-electron chi connectivity index (χ2n) is 8.23. The largest absolute Gasteiger partial charge is 0.494 e. The van der Waals surface area contributed by atoms with Crippen LogP contribution in [0.2, 0.25) is 0 Å². The van der Waals surface area contributed by atoms with Crippen molar-refractivity contribution < 1.29 is 14.6 Å². The highest BCUT2D eigenvalue weighted by Gasteiger charge is 2.21. The summed E-state index contributed by atoms with van der Waals surface area (Å²) in [6.45, 7) is 8.88. The van der Waals surface area contributed by atoms with Crippen LogP contribution in [0.15, 0.2) is 71.7 Å². The molecule has 0 fully saturated rings. The van der Waals surface area contributed by atoms with Gasteiger partial charge in [0.25, 0.3) is 0 Å². The minimum absolute atomic E-state index is 0.0547. The van der Waals surface area contributed by atoms with E-state index < -0.39 is 0 Å². The first-order valence-electron chi connectivity index (χ1n) is 12.2. The third-order valence-electron chi connectivity index (χ3n) is 5.66. The Labute approximate surface area is 206 Å². The average molecular weight is 472 g/mol. The number of hydrogen-bond donors (Lipinski definition) is 3. The molecule has 3 N–H and O–H groups in total. The zero-order chi connectivity index (χ0) is 24.6. The first-order chi connectivity index (χ1) is 17.1. The summed E-state index contributed by atoms with van der Waals surface area (Å²) in [5.74, 6) is 1.33. The van der Waals surface area contributed by atoms with Crippen LogP contribution in [0.5, 0.6) is 17.4 Å². The van der Waals surface area contributed by atoms with Crippen molar-refractivity contribution in [1.29, 1.82) is 0 Å².